The van der Waals surface area contributed by atoms with E-state index in [0.717, 1.165) is 32.9 Å². The number of nitrogens with one attached hydrogen (secondary N) is 2. The third-order valence-electron chi connectivity index (χ3n) is 16.5. The molecule has 504 valence electrons. The van der Waals surface area contributed by atoms with Crippen LogP contribution >= 0.6 is 15.9 Å². The number of benzene rings is 4. The molecule has 29 heteroatoms. The lowest BCUT2D eigenvalue weighted by atomic mass is 9.66. The maximum Gasteiger partial charge on any atom is 0.328 e. The van der Waals surface area contributed by atoms with Gasteiger partial charge in [0.1, 0.15) is 0 Å². The summed E-state index contributed by atoms with van der Waals surface area (Å²) in [5.41, 5.74) is -2.59. The lowest BCUT2D eigenvalue weighted by molar-refractivity contribution is -0.153. The van der Waals surface area contributed by atoms with Gasteiger partial charge < -0.3 is 48.0 Å². The van der Waals surface area contributed by atoms with E-state index in [4.69, 9.17) is 28.4 Å². The molecule has 0 bridgehead atoms. The molecule has 0 radical (unpaired) electrons. The molecule has 11 rings (SSSR count). The average Bonchev–Trinajstić information content (AvgIpc) is 0.854. The van der Waals surface area contributed by atoms with E-state index in [2.05, 4.69) is 26.6 Å². The number of nitrogens with zero attached hydrogens (tertiary/aromatic N) is 4. The first-order chi connectivity index (χ1) is 43.7. The molecule has 0 unspecified atom stereocenters. The molecule has 6 fully saturated rings. The summed E-state index contributed by atoms with van der Waals surface area (Å²) in [6, 6.07) is 3.00. The summed E-state index contributed by atoms with van der Waals surface area (Å²) in [7, 11) is 0. The van der Waals surface area contributed by atoms with Gasteiger partial charge in [-0.3, -0.25) is 44.2 Å². The van der Waals surface area contributed by atoms with Crippen LogP contribution in [0.5, 0.6) is 0 Å². The number of carbonyl (C=O) groups is 8. The number of Topliss-reactive ketones (excluding diaryl/α,β-unsaturated/α-hetero) is 3. The Morgan fingerprint density at radius 3 is 1.24 bits per heavy atom. The third-order valence-corrected chi connectivity index (χ3v) is 17.1. The molecule has 7 aliphatic rings. The number of fused-ring (bicyclic) bond motifs is 4. The third kappa shape index (κ3) is 14.7. The first-order valence-corrected chi connectivity index (χ1v) is 30.7. The molecule has 4 aromatic rings. The number of morpholine rings is 4. The van der Waals surface area contributed by atoms with Crippen molar-refractivity contribution in [3.8, 4) is 0 Å². The highest BCUT2D eigenvalue weighted by atomic mass is 79.9. The van der Waals surface area contributed by atoms with Crippen LogP contribution in [0.25, 0.3) is 0 Å². The second kappa shape index (κ2) is 29.2. The Morgan fingerprint density at radius 1 is 0.495 bits per heavy atom. The predicted molar refractivity (Wildman–Crippen MR) is 324 cm³/mol. The number of aldehydes is 2. The number of barbiturate groups is 1. The number of halogens is 9. The first kappa shape index (κ1) is 71.6. The summed E-state index contributed by atoms with van der Waals surface area (Å²) in [6.45, 7) is 21.2. The fourth-order valence-electron chi connectivity index (χ4n) is 13.1. The minimum atomic E-state index is -1.81. The molecule has 1 spiro atoms. The van der Waals surface area contributed by atoms with Crippen LogP contribution in [-0.2, 0) is 44.4 Å². The van der Waals surface area contributed by atoms with Crippen molar-refractivity contribution in [2.45, 2.75) is 144 Å². The van der Waals surface area contributed by atoms with E-state index in [1.54, 1.807) is 23.6 Å². The van der Waals surface area contributed by atoms with E-state index in [9.17, 15) is 69.1 Å². The summed E-state index contributed by atoms with van der Waals surface area (Å²) in [6.07, 6.45) is -1.98. The normalized spacial score (nSPS) is 25.0. The van der Waals surface area contributed by atoms with Crippen LogP contribution in [0.15, 0.2) is 28.7 Å². The highest BCUT2D eigenvalue weighted by Crippen LogP contribution is 2.49. The van der Waals surface area contributed by atoms with Crippen molar-refractivity contribution in [3.63, 3.8) is 0 Å². The molecule has 7 heterocycles. The number of ether oxygens (including phenoxy) is 6. The minimum Gasteiger partial charge on any atom is -0.372 e. The number of imide groups is 2. The molecule has 0 aliphatic carbocycles. The highest BCUT2D eigenvalue weighted by molar-refractivity contribution is 9.10. The van der Waals surface area contributed by atoms with Crippen molar-refractivity contribution in [2.24, 2.45) is 5.41 Å². The Kier molecular flexibility index (Phi) is 22.4. The van der Waals surface area contributed by atoms with Crippen molar-refractivity contribution in [1.29, 1.82) is 0 Å². The molecule has 0 saturated carbocycles. The van der Waals surface area contributed by atoms with Crippen LogP contribution < -0.4 is 30.2 Å². The van der Waals surface area contributed by atoms with E-state index in [1.165, 1.54) is 17.0 Å². The molecule has 4 aromatic carbocycles. The molecule has 9 atom stereocenters. The second-order valence-corrected chi connectivity index (χ2v) is 24.9. The molecular weight excluding hydrogens is 1310 g/mol. The number of urea groups is 1. The van der Waals surface area contributed by atoms with E-state index in [1.807, 2.05) is 46.4 Å². The van der Waals surface area contributed by atoms with Gasteiger partial charge in [0.15, 0.2) is 88.2 Å². The van der Waals surface area contributed by atoms with Gasteiger partial charge in [0, 0.05) is 68.9 Å². The van der Waals surface area contributed by atoms with Crippen molar-refractivity contribution < 1.29 is 102 Å². The van der Waals surface area contributed by atoms with Crippen LogP contribution in [0.4, 0.5) is 62.7 Å². The molecule has 2 N–H and O–H groups in total. The summed E-state index contributed by atoms with van der Waals surface area (Å²) >= 11 is 3.06. The van der Waals surface area contributed by atoms with Gasteiger partial charge >= 0.3 is 6.03 Å². The summed E-state index contributed by atoms with van der Waals surface area (Å²) < 4.78 is 149. The van der Waals surface area contributed by atoms with Gasteiger partial charge in [0.25, 0.3) is 0 Å². The Bertz CT molecular complexity index is 3480. The molecular formula is C64H71BrF8N6O14. The standard InChI is InChI=1S/C19H19F2N3O5.C15H18BrF2NO3.2C15H17F2NO3/c1-7-6-24-14-10(4-11(8(2)25)12(20)13(14)21)5-19(15(24)9(3)29-7)16(26)22-18(28)23-17(19)27;1-8-6-19(7-9(2)22-8)14-10(15-20-3-4-21-15)5-11(16)12(17)13(14)18;2*1-8-5-18(6-9(2)21-8)15-11(7-19)4-12(10(3)20)13(16)14(15)17/h4,7,9,15H,5-6H2,1-3H3,(H2,22,23,26,27,28);5,8-9,15H,3-4,6-7H2,1-2H3;2*4,7-9H,5-6H2,1-3H3/t7-,9+,15-;3*8-,9+/m1.../s1. The smallest absolute Gasteiger partial charge is 0.328 e. The van der Waals surface area contributed by atoms with E-state index < -0.39 is 128 Å². The lowest BCUT2D eigenvalue weighted by Gasteiger charge is -2.55. The maximum absolute atomic E-state index is 15.1. The van der Waals surface area contributed by atoms with E-state index >= 15 is 4.39 Å². The van der Waals surface area contributed by atoms with Gasteiger partial charge in [-0.1, -0.05) is 0 Å². The van der Waals surface area contributed by atoms with Crippen LogP contribution in [0.2, 0.25) is 0 Å². The zero-order chi connectivity index (χ0) is 68.6. The first-order valence-electron chi connectivity index (χ1n) is 29.9. The lowest BCUT2D eigenvalue weighted by Crippen LogP contribution is -2.75. The van der Waals surface area contributed by atoms with Crippen LogP contribution in [0.1, 0.15) is 145 Å². The minimum absolute atomic E-state index is 0.0274. The SMILES string of the molecule is CC(=O)c1cc(C=O)c(N2C[C@@H](C)O[C@@H](C)C2)c(F)c1F.CC(=O)c1cc(C=O)c(N2C[C@@H](C)O[C@@H](C)C2)c(F)c1F.CC(=O)c1cc2c(c(F)c1F)N1C[C@@H](C)O[C@@H](C)[C@@H]1C1(C2)C(=O)NC(=O)NC1=O.C[C@@H]1CN(c2c(C3OCCO3)cc(Br)c(F)c2F)C[C@H](C)O1. The molecule has 0 aromatic heterocycles. The molecule has 7 aliphatic heterocycles. The number of hydrogen-bond acceptors (Lipinski definition) is 18. The predicted octanol–water partition coefficient (Wildman–Crippen LogP) is 9.63. The fourth-order valence-corrected chi connectivity index (χ4v) is 13.5. The molecule has 20 nitrogen and oxygen atoms in total. The van der Waals surface area contributed by atoms with Crippen molar-refractivity contribution in [2.75, 3.05) is 78.6 Å². The van der Waals surface area contributed by atoms with Crippen LogP contribution in [0.3, 0.4) is 0 Å². The average molecular weight is 1380 g/mol. The maximum atomic E-state index is 15.1. The highest BCUT2D eigenvalue weighted by Gasteiger charge is 2.63. The monoisotopic (exact) mass is 1380 g/mol. The zero-order valence-electron chi connectivity index (χ0n) is 52.7. The Morgan fingerprint density at radius 2 is 0.849 bits per heavy atom. The van der Waals surface area contributed by atoms with Gasteiger partial charge in [-0.25, -0.2) is 39.9 Å². The van der Waals surface area contributed by atoms with Crippen LogP contribution in [-0.4, -0.2) is 162 Å². The quantitative estimate of drug-likeness (QED) is 0.0522. The summed E-state index contributed by atoms with van der Waals surface area (Å²) in [5, 5.41) is 4.20. The number of hydrogen-bond donors (Lipinski definition) is 2. The molecule has 93 heavy (non-hydrogen) atoms. The largest absolute Gasteiger partial charge is 0.372 e. The van der Waals surface area contributed by atoms with Crippen LogP contribution in [0, 0.1) is 52.0 Å². The number of ketones is 3. The number of amides is 4. The van der Waals surface area contributed by atoms with Gasteiger partial charge in [0.2, 0.25) is 11.8 Å². The van der Waals surface area contributed by atoms with Gasteiger partial charge in [-0.2, -0.15) is 0 Å². The molecule has 4 amide bonds. The number of rotatable bonds is 9. The van der Waals surface area contributed by atoms with E-state index in [0.29, 0.717) is 70.6 Å². The number of carbonyl (C=O) groups excluding carboxylic acids is 8. The van der Waals surface area contributed by atoms with Crippen molar-refractivity contribution >= 4 is 86.4 Å². The Hall–Kier alpha value is -7.28. The van der Waals surface area contributed by atoms with Gasteiger partial charge in [-0.15, -0.1) is 0 Å². The van der Waals surface area contributed by atoms with Crippen molar-refractivity contribution in [3.05, 3.63) is 114 Å². The summed E-state index contributed by atoms with van der Waals surface area (Å²) in [4.78, 5) is 101. The molecule has 6 saturated heterocycles. The summed E-state index contributed by atoms with van der Waals surface area (Å²) in [5.74, 6) is -12.6. The zero-order valence-corrected chi connectivity index (χ0v) is 54.3. The van der Waals surface area contributed by atoms with Gasteiger partial charge in [0.05, 0.1) is 112 Å². The number of anilines is 4. The fraction of sp³-hybridized carbons (Fsp3) is 0.500. The topological polar surface area (TPSA) is 229 Å². The Balaban J connectivity index is 0.000000161. The van der Waals surface area contributed by atoms with E-state index in [-0.39, 0.29) is 93.5 Å². The Labute approximate surface area is 538 Å². The van der Waals surface area contributed by atoms with Crippen molar-refractivity contribution in [1.82, 2.24) is 10.6 Å². The second-order valence-electron chi connectivity index (χ2n) is 24.1. The van der Waals surface area contributed by atoms with Gasteiger partial charge in [-0.05, 0) is 122 Å².